The second-order valence-electron chi connectivity index (χ2n) is 7.37. The van der Waals surface area contributed by atoms with Crippen molar-refractivity contribution in [2.45, 2.75) is 32.7 Å². The van der Waals surface area contributed by atoms with Crippen LogP contribution in [0.3, 0.4) is 0 Å². The van der Waals surface area contributed by atoms with Crippen LogP contribution in [-0.4, -0.2) is 28.7 Å². The van der Waals surface area contributed by atoms with Gasteiger partial charge in [-0.3, -0.25) is 19.3 Å². The van der Waals surface area contributed by atoms with E-state index in [4.69, 9.17) is 0 Å². The Bertz CT molecular complexity index is 753. The van der Waals surface area contributed by atoms with E-state index in [-0.39, 0.29) is 41.4 Å². The first kappa shape index (κ1) is 16.1. The second-order valence-corrected chi connectivity index (χ2v) is 7.37. The largest absolute Gasteiger partial charge is 0.324 e. The summed E-state index contributed by atoms with van der Waals surface area (Å²) in [4.78, 5) is 39.7. The number of nitrogens with one attached hydrogen (secondary N) is 1. The number of aryl methyl sites for hydroxylation is 1. The third kappa shape index (κ3) is 2.41. The predicted octanol–water partition coefficient (Wildman–Crippen LogP) is 2.52. The van der Waals surface area contributed by atoms with Crippen LogP contribution in [0, 0.1) is 30.6 Å². The number of benzene rings is 1. The van der Waals surface area contributed by atoms with Crippen LogP contribution in [0.2, 0.25) is 0 Å². The lowest BCUT2D eigenvalue weighted by atomic mass is 9.63. The summed E-state index contributed by atoms with van der Waals surface area (Å²) in [7, 11) is 0. The van der Waals surface area contributed by atoms with Gasteiger partial charge in [0.25, 0.3) is 0 Å². The number of carbonyl (C=O) groups is 3. The number of hydrogen-bond donors (Lipinski definition) is 1. The van der Waals surface area contributed by atoms with E-state index in [9.17, 15) is 14.4 Å². The lowest BCUT2D eigenvalue weighted by molar-refractivity contribution is -0.146. The Labute approximate surface area is 147 Å². The van der Waals surface area contributed by atoms with Crippen molar-refractivity contribution in [1.82, 2.24) is 4.90 Å². The minimum absolute atomic E-state index is 0.142. The molecule has 3 amide bonds. The normalized spacial score (nSPS) is 31.2. The molecule has 0 unspecified atom stereocenters. The van der Waals surface area contributed by atoms with Gasteiger partial charge in [-0.15, -0.1) is 0 Å². The Morgan fingerprint density at radius 2 is 1.64 bits per heavy atom. The van der Waals surface area contributed by atoms with Crippen molar-refractivity contribution >= 4 is 23.4 Å². The van der Waals surface area contributed by atoms with E-state index in [1.165, 1.54) is 4.90 Å². The van der Waals surface area contributed by atoms with E-state index in [1.54, 1.807) is 6.92 Å². The van der Waals surface area contributed by atoms with E-state index in [0.717, 1.165) is 18.4 Å². The number of likely N-dealkylation sites (tertiary alicyclic amines) is 1. The molecule has 0 aromatic heterocycles. The third-order valence-corrected chi connectivity index (χ3v) is 5.96. The number of amides is 3. The molecule has 1 aromatic rings. The molecule has 5 rings (SSSR count). The fourth-order valence-electron chi connectivity index (χ4n) is 4.55. The minimum atomic E-state index is -0.801. The number of carbonyl (C=O) groups excluding carboxylic acids is 3. The summed E-state index contributed by atoms with van der Waals surface area (Å²) < 4.78 is 0. The molecule has 1 aromatic carbocycles. The van der Waals surface area contributed by atoms with E-state index in [1.807, 2.05) is 31.2 Å². The Morgan fingerprint density at radius 1 is 1.08 bits per heavy atom. The molecule has 130 valence electrons. The fraction of sp³-hybridized carbons (Fsp3) is 0.450. The first-order valence-electron chi connectivity index (χ1n) is 8.91. The van der Waals surface area contributed by atoms with Crippen LogP contribution in [0.15, 0.2) is 36.4 Å². The minimum Gasteiger partial charge on any atom is -0.324 e. The van der Waals surface area contributed by atoms with Gasteiger partial charge in [-0.1, -0.05) is 30.4 Å². The topological polar surface area (TPSA) is 66.5 Å². The van der Waals surface area contributed by atoms with Crippen molar-refractivity contribution in [3.8, 4) is 0 Å². The zero-order valence-electron chi connectivity index (χ0n) is 14.4. The summed E-state index contributed by atoms with van der Waals surface area (Å²) in [5, 5.41) is 2.85. The van der Waals surface area contributed by atoms with E-state index in [2.05, 4.69) is 17.5 Å². The summed E-state index contributed by atoms with van der Waals surface area (Å²) in [6.45, 7) is 3.54. The highest BCUT2D eigenvalue weighted by atomic mass is 16.2. The zero-order valence-corrected chi connectivity index (χ0v) is 14.4. The summed E-state index contributed by atoms with van der Waals surface area (Å²) >= 11 is 0. The highest BCUT2D eigenvalue weighted by Crippen LogP contribution is 2.49. The number of allylic oxidation sites excluding steroid dienone is 2. The van der Waals surface area contributed by atoms with E-state index in [0.29, 0.717) is 5.69 Å². The molecule has 3 aliphatic carbocycles. The number of nitrogens with zero attached hydrogens (tertiary/aromatic N) is 1. The van der Waals surface area contributed by atoms with E-state index < -0.39 is 6.04 Å². The lowest BCUT2D eigenvalue weighted by Gasteiger charge is -2.38. The van der Waals surface area contributed by atoms with E-state index >= 15 is 0 Å². The van der Waals surface area contributed by atoms with Crippen molar-refractivity contribution in [1.29, 1.82) is 0 Å². The molecule has 1 heterocycles. The summed E-state index contributed by atoms with van der Waals surface area (Å²) in [6, 6.07) is 6.67. The van der Waals surface area contributed by atoms with Gasteiger partial charge in [-0.25, -0.2) is 0 Å². The fourth-order valence-corrected chi connectivity index (χ4v) is 4.55. The molecule has 1 saturated heterocycles. The first-order chi connectivity index (χ1) is 12.0. The molecular weight excluding hydrogens is 316 g/mol. The number of imide groups is 1. The molecule has 5 heteroatoms. The smallest absolute Gasteiger partial charge is 0.247 e. The van der Waals surface area contributed by atoms with Crippen LogP contribution in [0.4, 0.5) is 5.69 Å². The number of anilines is 1. The summed E-state index contributed by atoms with van der Waals surface area (Å²) in [5.41, 5.74) is 1.65. The Kier molecular flexibility index (Phi) is 3.74. The molecule has 5 nitrogen and oxygen atoms in total. The second kappa shape index (κ2) is 5.83. The van der Waals surface area contributed by atoms with Crippen LogP contribution in [0.1, 0.15) is 25.3 Å². The number of fused-ring (bicyclic) bond motifs is 1. The van der Waals surface area contributed by atoms with Gasteiger partial charge in [0, 0.05) is 5.69 Å². The third-order valence-electron chi connectivity index (χ3n) is 5.96. The van der Waals surface area contributed by atoms with Gasteiger partial charge in [0.05, 0.1) is 11.8 Å². The van der Waals surface area contributed by atoms with Crippen molar-refractivity contribution in [2.75, 3.05) is 5.32 Å². The average Bonchev–Trinajstić information content (AvgIpc) is 2.90. The number of hydrogen-bond acceptors (Lipinski definition) is 3. The molecule has 0 spiro atoms. The van der Waals surface area contributed by atoms with Gasteiger partial charge in [0.2, 0.25) is 17.7 Å². The predicted molar refractivity (Wildman–Crippen MR) is 93.5 cm³/mol. The molecular formula is C20H22N2O3. The summed E-state index contributed by atoms with van der Waals surface area (Å²) in [5.74, 6) is -0.945. The monoisotopic (exact) mass is 338 g/mol. The van der Waals surface area contributed by atoms with Crippen molar-refractivity contribution < 1.29 is 14.4 Å². The standard InChI is InChI=1S/C20H22N2O3/c1-11-5-3-4-6-15(11)21-18(23)12(2)22-19(24)16-13-7-8-14(10-9-13)17(16)20(22)25/h3-8,12-14,16-17H,9-10H2,1-2H3,(H,21,23)/t12-,13+,14+,16-,17+/m1/s1. The molecule has 5 atom stereocenters. The van der Waals surface area contributed by atoms with Crippen LogP contribution in [0.25, 0.3) is 0 Å². The lowest BCUT2D eigenvalue weighted by Crippen LogP contribution is -2.46. The van der Waals surface area contributed by atoms with Crippen LogP contribution in [-0.2, 0) is 14.4 Å². The maximum atomic E-state index is 12.9. The van der Waals surface area contributed by atoms with Gasteiger partial charge < -0.3 is 5.32 Å². The van der Waals surface area contributed by atoms with Gasteiger partial charge in [-0.05, 0) is 50.2 Å². The van der Waals surface area contributed by atoms with Crippen molar-refractivity contribution in [2.24, 2.45) is 23.7 Å². The molecule has 0 radical (unpaired) electrons. The Hall–Kier alpha value is -2.43. The van der Waals surface area contributed by atoms with Gasteiger partial charge in [0.15, 0.2) is 0 Å². The molecule has 1 saturated carbocycles. The zero-order chi connectivity index (χ0) is 17.7. The highest BCUT2D eigenvalue weighted by molar-refractivity contribution is 6.10. The maximum Gasteiger partial charge on any atom is 0.247 e. The summed E-state index contributed by atoms with van der Waals surface area (Å²) in [6.07, 6.45) is 6.09. The number of para-hydroxylation sites is 1. The SMILES string of the molecule is Cc1ccccc1NC(=O)[C@@H](C)N1C(=O)[C@@H]2[C@H](C1=O)[C@H]1C=C[C@H]2CC1. The van der Waals surface area contributed by atoms with Crippen molar-refractivity contribution in [3.05, 3.63) is 42.0 Å². The van der Waals surface area contributed by atoms with Gasteiger partial charge in [-0.2, -0.15) is 0 Å². The highest BCUT2D eigenvalue weighted by Gasteiger charge is 2.58. The van der Waals surface area contributed by atoms with Gasteiger partial charge >= 0.3 is 0 Å². The first-order valence-corrected chi connectivity index (χ1v) is 8.91. The maximum absolute atomic E-state index is 12.9. The molecule has 2 fully saturated rings. The molecule has 1 aliphatic heterocycles. The Balaban J connectivity index is 1.55. The van der Waals surface area contributed by atoms with Crippen LogP contribution >= 0.6 is 0 Å². The van der Waals surface area contributed by atoms with Gasteiger partial charge in [0.1, 0.15) is 6.04 Å². The molecule has 4 aliphatic rings. The van der Waals surface area contributed by atoms with Crippen LogP contribution in [0.5, 0.6) is 0 Å². The quantitative estimate of drug-likeness (QED) is 0.680. The number of rotatable bonds is 3. The molecule has 1 N–H and O–H groups in total. The average molecular weight is 338 g/mol. The molecule has 25 heavy (non-hydrogen) atoms. The van der Waals surface area contributed by atoms with Crippen LogP contribution < -0.4 is 5.32 Å². The molecule has 2 bridgehead atoms. The van der Waals surface area contributed by atoms with Crippen molar-refractivity contribution in [3.63, 3.8) is 0 Å². The Morgan fingerprint density at radius 3 is 2.16 bits per heavy atom.